The van der Waals surface area contributed by atoms with Gasteiger partial charge in [0.1, 0.15) is 0 Å². The third-order valence-corrected chi connectivity index (χ3v) is 0.729. The maximum atomic E-state index is 11.1. The van der Waals surface area contributed by atoms with Gasteiger partial charge in [-0.05, 0) is 6.92 Å². The second kappa shape index (κ2) is 8.42. The van der Waals surface area contributed by atoms with Crippen molar-refractivity contribution in [1.82, 2.24) is 0 Å². The number of carboxylic acid groups (broad SMARTS) is 1. The van der Waals surface area contributed by atoms with Crippen molar-refractivity contribution in [1.29, 1.82) is 0 Å². The lowest BCUT2D eigenvalue weighted by atomic mass is 10.3. The molecule has 0 rings (SSSR count). The summed E-state index contributed by atoms with van der Waals surface area (Å²) in [5.41, 5.74) is 0. The first-order chi connectivity index (χ1) is 5.40. The molecule has 0 aliphatic carbocycles. The van der Waals surface area contributed by atoms with E-state index in [0.717, 1.165) is 4.90 Å². The number of aliphatic hydroxyl groups excluding tert-OH is 1. The van der Waals surface area contributed by atoms with Gasteiger partial charge in [0.25, 0.3) is 0 Å². The highest BCUT2D eigenvalue weighted by Crippen LogP contribution is 1.83. The van der Waals surface area contributed by atoms with Crippen LogP contribution < -0.4 is 10.0 Å². The molecule has 0 fully saturated rings. The van der Waals surface area contributed by atoms with Gasteiger partial charge in [-0.3, -0.25) is 0 Å². The quantitative estimate of drug-likeness (QED) is 0.476. The predicted molar refractivity (Wildman–Crippen MR) is 40.1 cm³/mol. The normalized spacial score (nSPS) is 11.8. The number of hydrogen-bond acceptors (Lipinski definition) is 3. The van der Waals surface area contributed by atoms with Gasteiger partial charge in [0.15, 0.2) is 0 Å². The van der Waals surface area contributed by atoms with Gasteiger partial charge in [-0.1, -0.05) is 0 Å². The van der Waals surface area contributed by atoms with E-state index in [4.69, 9.17) is 5.11 Å². The van der Waals surface area contributed by atoms with Crippen LogP contribution in [0.3, 0.4) is 0 Å². The third kappa shape index (κ3) is 22.8. The van der Waals surface area contributed by atoms with Crippen molar-refractivity contribution in [2.24, 2.45) is 0 Å². The lowest BCUT2D eigenvalue weighted by Crippen LogP contribution is -3.04. The van der Waals surface area contributed by atoms with Crippen LogP contribution in [-0.4, -0.2) is 38.1 Å². The molecule has 0 unspecified atom stereocenters. The van der Waals surface area contributed by atoms with Crippen molar-refractivity contribution in [3.05, 3.63) is 0 Å². The molecule has 0 bridgehead atoms. The van der Waals surface area contributed by atoms with Gasteiger partial charge in [0.2, 0.25) is 6.80 Å². The number of alkyl halides is 1. The summed E-state index contributed by atoms with van der Waals surface area (Å²) in [6.45, 7) is 1.12. The zero-order chi connectivity index (χ0) is 10.1. The molecule has 0 aliphatic heterocycles. The molecular formula is C7H16FNO3. The average Bonchev–Trinajstić information content (AvgIpc) is 1.85. The van der Waals surface area contributed by atoms with Crippen LogP contribution in [0.2, 0.25) is 0 Å². The highest BCUT2D eigenvalue weighted by Gasteiger charge is 1.91. The molecule has 0 amide bonds. The minimum Gasteiger partial charge on any atom is -0.550 e. The summed E-state index contributed by atoms with van der Waals surface area (Å²) in [7, 11) is 3.53. The highest BCUT2D eigenvalue weighted by molar-refractivity contribution is 5.64. The van der Waals surface area contributed by atoms with E-state index in [1.807, 2.05) is 0 Å². The average molecular weight is 181 g/mol. The molecule has 0 saturated carbocycles. The van der Waals surface area contributed by atoms with Crippen molar-refractivity contribution in [2.75, 3.05) is 20.9 Å². The van der Waals surface area contributed by atoms with E-state index in [-0.39, 0.29) is 13.2 Å². The van der Waals surface area contributed by atoms with E-state index in [2.05, 4.69) is 0 Å². The number of quaternary nitrogens is 1. The van der Waals surface area contributed by atoms with E-state index in [1.165, 1.54) is 6.92 Å². The molecule has 0 aromatic heterocycles. The Bertz CT molecular complexity index is 117. The number of aliphatic carboxylic acids is 1. The lowest BCUT2D eigenvalue weighted by molar-refractivity contribution is -0.872. The number of carbonyl (C=O) groups is 1. The molecule has 0 saturated heterocycles. The number of carbonyl (C=O) groups excluding carboxylic acids is 1. The van der Waals surface area contributed by atoms with Gasteiger partial charge < -0.3 is 19.9 Å². The monoisotopic (exact) mass is 181 g/mol. The SMILES string of the molecule is C[C@@H](O)CC(=O)[O-].C[NH+](C)CF. The Morgan fingerprint density at radius 2 is 2.00 bits per heavy atom. The molecule has 0 heterocycles. The van der Waals surface area contributed by atoms with Crippen LogP contribution in [0.25, 0.3) is 0 Å². The minimum absolute atomic E-state index is 0.278. The number of hydrogen-bond donors (Lipinski definition) is 2. The Morgan fingerprint density at radius 1 is 1.67 bits per heavy atom. The Balaban J connectivity index is 0. The van der Waals surface area contributed by atoms with Crippen LogP contribution >= 0.6 is 0 Å². The highest BCUT2D eigenvalue weighted by atomic mass is 19.1. The van der Waals surface area contributed by atoms with E-state index in [1.54, 1.807) is 14.1 Å². The Morgan fingerprint density at radius 3 is 2.00 bits per heavy atom. The number of nitrogens with one attached hydrogen (secondary N) is 1. The molecule has 0 aromatic carbocycles. The summed E-state index contributed by atoms with van der Waals surface area (Å²) in [4.78, 5) is 10.4. The predicted octanol–water partition coefficient (Wildman–Crippen LogP) is -2.43. The largest absolute Gasteiger partial charge is 0.550 e. The maximum absolute atomic E-state index is 11.1. The number of carboxylic acids is 1. The van der Waals surface area contributed by atoms with Crippen LogP contribution in [0.15, 0.2) is 0 Å². The zero-order valence-electron chi connectivity index (χ0n) is 7.63. The lowest BCUT2D eigenvalue weighted by Gasteiger charge is -2.01. The fourth-order valence-corrected chi connectivity index (χ4v) is 0.241. The Kier molecular flexibility index (Phi) is 9.74. The second-order valence-electron chi connectivity index (χ2n) is 2.77. The van der Waals surface area contributed by atoms with Crippen LogP contribution in [0.1, 0.15) is 13.3 Å². The summed E-state index contributed by atoms with van der Waals surface area (Å²) in [5, 5.41) is 17.8. The first-order valence-electron chi connectivity index (χ1n) is 3.63. The van der Waals surface area contributed by atoms with Gasteiger partial charge in [0, 0.05) is 12.4 Å². The topological polar surface area (TPSA) is 64.8 Å². The van der Waals surface area contributed by atoms with Gasteiger partial charge in [0.05, 0.1) is 20.2 Å². The fourth-order valence-electron chi connectivity index (χ4n) is 0.241. The zero-order valence-corrected chi connectivity index (χ0v) is 7.63. The summed E-state index contributed by atoms with van der Waals surface area (Å²) >= 11 is 0. The fraction of sp³-hybridized carbons (Fsp3) is 0.857. The molecule has 4 nitrogen and oxygen atoms in total. The van der Waals surface area contributed by atoms with E-state index < -0.39 is 12.1 Å². The van der Waals surface area contributed by atoms with Crippen molar-refractivity contribution in [2.45, 2.75) is 19.4 Å². The number of halogens is 1. The summed E-state index contributed by atoms with van der Waals surface area (Å²) < 4.78 is 11.1. The van der Waals surface area contributed by atoms with E-state index in [9.17, 15) is 14.3 Å². The molecule has 74 valence electrons. The smallest absolute Gasteiger partial charge is 0.220 e. The van der Waals surface area contributed by atoms with Crippen molar-refractivity contribution in [3.8, 4) is 0 Å². The van der Waals surface area contributed by atoms with Gasteiger partial charge in [-0.25, -0.2) is 0 Å². The second-order valence-corrected chi connectivity index (χ2v) is 2.77. The van der Waals surface area contributed by atoms with Crippen LogP contribution in [0.5, 0.6) is 0 Å². The molecule has 0 spiro atoms. The molecule has 0 aliphatic rings. The first kappa shape index (κ1) is 13.9. The molecule has 0 aromatic rings. The molecule has 2 N–H and O–H groups in total. The molecular weight excluding hydrogens is 165 g/mol. The van der Waals surface area contributed by atoms with Crippen molar-refractivity contribution < 1.29 is 24.3 Å². The minimum atomic E-state index is -1.21. The van der Waals surface area contributed by atoms with Gasteiger partial charge in [-0.15, -0.1) is 0 Å². The van der Waals surface area contributed by atoms with Gasteiger partial charge in [-0.2, -0.15) is 4.39 Å². The van der Waals surface area contributed by atoms with Crippen molar-refractivity contribution >= 4 is 5.97 Å². The maximum Gasteiger partial charge on any atom is 0.220 e. The van der Waals surface area contributed by atoms with Crippen LogP contribution in [-0.2, 0) is 4.79 Å². The Labute approximate surface area is 71.6 Å². The van der Waals surface area contributed by atoms with Crippen LogP contribution in [0, 0.1) is 0 Å². The summed E-state index contributed by atoms with van der Waals surface area (Å²) in [6.07, 6.45) is -1.06. The standard InChI is InChI=1S/C4H8O3.C3H8FN/c1-3(5)2-4(6)7;1-5(2)3-4/h3,5H,2H2,1H3,(H,6,7);3H2,1-2H3/t3-;/m1./s1. The summed E-state index contributed by atoms with van der Waals surface area (Å²) in [6, 6.07) is 0. The van der Waals surface area contributed by atoms with Crippen molar-refractivity contribution in [3.63, 3.8) is 0 Å². The first-order valence-corrected chi connectivity index (χ1v) is 3.63. The van der Waals surface area contributed by atoms with Crippen LogP contribution in [0.4, 0.5) is 4.39 Å². The Hall–Kier alpha value is -0.680. The molecule has 12 heavy (non-hydrogen) atoms. The van der Waals surface area contributed by atoms with Gasteiger partial charge >= 0.3 is 0 Å². The third-order valence-electron chi connectivity index (χ3n) is 0.729. The molecule has 5 heteroatoms. The number of rotatable bonds is 3. The van der Waals surface area contributed by atoms with E-state index >= 15 is 0 Å². The van der Waals surface area contributed by atoms with E-state index in [0.29, 0.717) is 0 Å². The molecule has 0 radical (unpaired) electrons. The summed E-state index contributed by atoms with van der Waals surface area (Å²) in [5.74, 6) is -1.21. The number of aliphatic hydroxyl groups is 1. The molecule has 1 atom stereocenters.